The lowest BCUT2D eigenvalue weighted by molar-refractivity contribution is -0.120. The van der Waals surface area contributed by atoms with Crippen molar-refractivity contribution in [2.75, 3.05) is 31.1 Å². The summed E-state index contributed by atoms with van der Waals surface area (Å²) >= 11 is 0. The maximum Gasteiger partial charge on any atom is 0.264 e. The molecule has 0 unspecified atom stereocenters. The summed E-state index contributed by atoms with van der Waals surface area (Å²) in [7, 11) is -3.46. The van der Waals surface area contributed by atoms with E-state index in [-0.39, 0.29) is 12.5 Å². The van der Waals surface area contributed by atoms with Crippen LogP contribution in [0.1, 0.15) is 36.0 Å². The quantitative estimate of drug-likeness (QED) is 0.732. The molecule has 1 amide bonds. The fourth-order valence-corrected chi connectivity index (χ4v) is 5.67. The Morgan fingerprint density at radius 1 is 0.967 bits per heavy atom. The number of carbonyl (C=O) groups is 1. The molecule has 0 radical (unpaired) electrons. The number of aryl methyl sites for hydroxylation is 3. The van der Waals surface area contributed by atoms with Crippen molar-refractivity contribution in [3.05, 3.63) is 53.1 Å². The first-order chi connectivity index (χ1) is 14.4. The minimum atomic E-state index is -3.46. The Hall–Kier alpha value is -2.38. The maximum atomic E-state index is 12.9. The molecule has 2 aliphatic heterocycles. The molecule has 0 bridgehead atoms. The van der Waals surface area contributed by atoms with Gasteiger partial charge in [-0.25, -0.2) is 8.42 Å². The van der Waals surface area contributed by atoms with E-state index in [1.807, 2.05) is 32.0 Å². The van der Waals surface area contributed by atoms with Crippen LogP contribution in [-0.4, -0.2) is 44.9 Å². The summed E-state index contributed by atoms with van der Waals surface area (Å²) in [6, 6.07) is 10.9. The summed E-state index contributed by atoms with van der Waals surface area (Å²) in [5.41, 5.74) is 3.99. The van der Waals surface area contributed by atoms with Crippen LogP contribution in [0.2, 0.25) is 0 Å². The Kier molecular flexibility index (Phi) is 5.84. The van der Waals surface area contributed by atoms with Gasteiger partial charge in [0.15, 0.2) is 6.61 Å². The highest BCUT2D eigenvalue weighted by molar-refractivity contribution is 7.89. The lowest BCUT2D eigenvalue weighted by atomic mass is 10.0. The minimum absolute atomic E-state index is 0.0459. The van der Waals surface area contributed by atoms with Crippen molar-refractivity contribution in [3.63, 3.8) is 0 Å². The van der Waals surface area contributed by atoms with E-state index in [2.05, 4.69) is 0 Å². The fraction of sp³-hybridized carbons (Fsp3) is 0.435. The van der Waals surface area contributed by atoms with E-state index < -0.39 is 10.0 Å². The number of benzene rings is 2. The third-order valence-electron chi connectivity index (χ3n) is 6.01. The summed E-state index contributed by atoms with van der Waals surface area (Å²) in [5.74, 6) is 0.556. The van der Waals surface area contributed by atoms with Crippen LogP contribution in [0.15, 0.2) is 41.3 Å². The average molecular weight is 429 g/mol. The molecule has 0 N–H and O–H groups in total. The van der Waals surface area contributed by atoms with Crippen LogP contribution in [0, 0.1) is 13.8 Å². The number of ether oxygens (including phenoxy) is 1. The van der Waals surface area contributed by atoms with Gasteiger partial charge in [0.2, 0.25) is 10.0 Å². The smallest absolute Gasteiger partial charge is 0.264 e. The van der Waals surface area contributed by atoms with Crippen LogP contribution in [-0.2, 0) is 21.2 Å². The van der Waals surface area contributed by atoms with Gasteiger partial charge in [-0.1, -0.05) is 6.07 Å². The molecule has 2 aliphatic rings. The Morgan fingerprint density at radius 3 is 2.47 bits per heavy atom. The fourth-order valence-electron chi connectivity index (χ4n) is 4.10. The summed E-state index contributed by atoms with van der Waals surface area (Å²) in [4.78, 5) is 14.9. The zero-order valence-corrected chi connectivity index (χ0v) is 18.4. The lowest BCUT2D eigenvalue weighted by Crippen LogP contribution is -2.38. The second-order valence-electron chi connectivity index (χ2n) is 8.09. The molecule has 0 aromatic heterocycles. The van der Waals surface area contributed by atoms with Gasteiger partial charge < -0.3 is 9.64 Å². The van der Waals surface area contributed by atoms with Gasteiger partial charge >= 0.3 is 0 Å². The molecule has 0 atom stereocenters. The highest BCUT2D eigenvalue weighted by atomic mass is 32.2. The van der Waals surface area contributed by atoms with Gasteiger partial charge in [0.1, 0.15) is 5.75 Å². The molecule has 0 aliphatic carbocycles. The molecule has 0 saturated carbocycles. The first-order valence-corrected chi connectivity index (χ1v) is 11.9. The molecule has 6 nitrogen and oxygen atoms in total. The summed E-state index contributed by atoms with van der Waals surface area (Å²) < 4.78 is 33.0. The second-order valence-corrected chi connectivity index (χ2v) is 10.0. The summed E-state index contributed by atoms with van der Waals surface area (Å²) in [5, 5.41) is 0. The van der Waals surface area contributed by atoms with Crippen molar-refractivity contribution >= 4 is 21.6 Å². The molecule has 7 heteroatoms. The normalized spacial score (nSPS) is 17.1. The monoisotopic (exact) mass is 428 g/mol. The molecule has 4 rings (SSSR count). The van der Waals surface area contributed by atoms with E-state index in [0.717, 1.165) is 42.5 Å². The molecular weight excluding hydrogens is 400 g/mol. The molecule has 160 valence electrons. The standard InChI is InChI=1S/C23H28N2O4S/c1-17-7-8-20(14-18(17)2)29-16-23(26)25-13-5-6-19-15-21(9-10-22(19)25)30(27,28)24-11-3-4-12-24/h7-10,14-15H,3-6,11-13,16H2,1-2H3. The first-order valence-electron chi connectivity index (χ1n) is 10.5. The number of hydrogen-bond acceptors (Lipinski definition) is 4. The number of anilines is 1. The minimum Gasteiger partial charge on any atom is -0.484 e. The highest BCUT2D eigenvalue weighted by Gasteiger charge is 2.29. The molecule has 30 heavy (non-hydrogen) atoms. The molecule has 2 aromatic rings. The number of fused-ring (bicyclic) bond motifs is 1. The SMILES string of the molecule is Cc1ccc(OCC(=O)N2CCCc3cc(S(=O)(=O)N4CCCC4)ccc32)cc1C. The number of carbonyl (C=O) groups excluding carboxylic acids is 1. The van der Waals surface area contributed by atoms with Crippen LogP contribution in [0.5, 0.6) is 5.75 Å². The number of rotatable bonds is 5. The second kappa shape index (κ2) is 8.40. The van der Waals surface area contributed by atoms with Crippen molar-refractivity contribution in [2.45, 2.75) is 44.4 Å². The molecule has 1 fully saturated rings. The van der Waals surface area contributed by atoms with Crippen molar-refractivity contribution in [1.29, 1.82) is 0 Å². The van der Waals surface area contributed by atoms with E-state index in [4.69, 9.17) is 4.74 Å². The van der Waals surface area contributed by atoms with Gasteiger partial charge in [0.25, 0.3) is 5.91 Å². The third kappa shape index (κ3) is 4.09. The zero-order chi connectivity index (χ0) is 21.3. The van der Waals surface area contributed by atoms with Gasteiger partial charge in [-0.05, 0) is 86.6 Å². The van der Waals surface area contributed by atoms with Crippen LogP contribution in [0.25, 0.3) is 0 Å². The van der Waals surface area contributed by atoms with Crippen molar-refractivity contribution in [2.24, 2.45) is 0 Å². The Labute approximate surface area is 178 Å². The van der Waals surface area contributed by atoms with E-state index in [1.165, 1.54) is 5.56 Å². The summed E-state index contributed by atoms with van der Waals surface area (Å²) in [6.07, 6.45) is 3.38. The number of amides is 1. The molecular formula is C23H28N2O4S. The average Bonchev–Trinajstić information content (AvgIpc) is 3.29. The maximum absolute atomic E-state index is 12.9. The molecule has 2 aromatic carbocycles. The number of sulfonamides is 1. The first kappa shape index (κ1) is 20.9. The Morgan fingerprint density at radius 2 is 1.73 bits per heavy atom. The number of hydrogen-bond donors (Lipinski definition) is 0. The van der Waals surface area contributed by atoms with E-state index in [0.29, 0.717) is 30.3 Å². The van der Waals surface area contributed by atoms with Gasteiger partial charge in [0.05, 0.1) is 4.90 Å². The van der Waals surface area contributed by atoms with Crippen LogP contribution >= 0.6 is 0 Å². The molecule has 1 saturated heterocycles. The van der Waals surface area contributed by atoms with E-state index >= 15 is 0 Å². The molecule has 2 heterocycles. The van der Waals surface area contributed by atoms with Crippen molar-refractivity contribution in [1.82, 2.24) is 4.31 Å². The topological polar surface area (TPSA) is 66.9 Å². The Bertz CT molecular complexity index is 1060. The highest BCUT2D eigenvalue weighted by Crippen LogP contribution is 2.31. The zero-order valence-electron chi connectivity index (χ0n) is 17.6. The van der Waals surface area contributed by atoms with Gasteiger partial charge in [-0.2, -0.15) is 4.31 Å². The van der Waals surface area contributed by atoms with Crippen LogP contribution in [0.3, 0.4) is 0 Å². The summed E-state index contributed by atoms with van der Waals surface area (Å²) in [6.45, 7) is 5.78. The van der Waals surface area contributed by atoms with E-state index in [1.54, 1.807) is 27.4 Å². The van der Waals surface area contributed by atoms with Crippen molar-refractivity contribution in [3.8, 4) is 5.75 Å². The number of nitrogens with zero attached hydrogens (tertiary/aromatic N) is 2. The van der Waals surface area contributed by atoms with Crippen LogP contribution < -0.4 is 9.64 Å². The van der Waals surface area contributed by atoms with Crippen molar-refractivity contribution < 1.29 is 17.9 Å². The molecule has 0 spiro atoms. The van der Waals surface area contributed by atoms with Gasteiger partial charge in [-0.15, -0.1) is 0 Å². The van der Waals surface area contributed by atoms with Crippen LogP contribution in [0.4, 0.5) is 5.69 Å². The van der Waals surface area contributed by atoms with Gasteiger partial charge in [0, 0.05) is 25.3 Å². The predicted molar refractivity (Wildman–Crippen MR) is 117 cm³/mol. The van der Waals surface area contributed by atoms with Gasteiger partial charge in [-0.3, -0.25) is 4.79 Å². The largest absolute Gasteiger partial charge is 0.484 e. The third-order valence-corrected chi connectivity index (χ3v) is 7.91. The predicted octanol–water partition coefficient (Wildman–Crippen LogP) is 3.45. The lowest BCUT2D eigenvalue weighted by Gasteiger charge is -2.30. The van der Waals surface area contributed by atoms with E-state index in [9.17, 15) is 13.2 Å². The Balaban J connectivity index is 1.50.